The molecule has 0 fully saturated rings. The van der Waals surface area contributed by atoms with Gasteiger partial charge in [0.25, 0.3) is 0 Å². The van der Waals surface area contributed by atoms with E-state index in [0.29, 0.717) is 23.2 Å². The number of hydrogen-bond donors (Lipinski definition) is 2. The van der Waals surface area contributed by atoms with Crippen LogP contribution in [0.25, 0.3) is 20.7 Å². The number of benzene rings is 1. The molecule has 0 amide bonds. The molecule has 0 saturated carbocycles. The molecule has 0 spiro atoms. The Morgan fingerprint density at radius 1 is 1.10 bits per heavy atom. The predicted octanol–water partition coefficient (Wildman–Crippen LogP) is 5.64. The van der Waals surface area contributed by atoms with Crippen LogP contribution in [0.15, 0.2) is 42.2 Å². The normalized spacial score (nSPS) is 14.1. The molecule has 0 unspecified atom stereocenters. The Morgan fingerprint density at radius 2 is 1.90 bits per heavy atom. The van der Waals surface area contributed by atoms with Gasteiger partial charge in [-0.2, -0.15) is 13.2 Å². The number of aromatic nitrogens is 3. The zero-order chi connectivity index (χ0) is 20.8. The van der Waals surface area contributed by atoms with Crippen LogP contribution in [0.3, 0.4) is 0 Å². The van der Waals surface area contributed by atoms with Gasteiger partial charge in [-0.3, -0.25) is 0 Å². The Balaban J connectivity index is 1.69. The highest BCUT2D eigenvalue weighted by atomic mass is 32.1. The van der Waals surface area contributed by atoms with Crippen molar-refractivity contribution in [3.8, 4) is 10.4 Å². The van der Waals surface area contributed by atoms with Crippen LogP contribution in [0.5, 0.6) is 0 Å². The third-order valence-electron chi connectivity index (χ3n) is 4.34. The van der Waals surface area contributed by atoms with Crippen molar-refractivity contribution in [2.75, 3.05) is 5.32 Å². The van der Waals surface area contributed by atoms with E-state index in [9.17, 15) is 18.3 Å². The average Bonchev–Trinajstić information content (AvgIpc) is 3.30. The van der Waals surface area contributed by atoms with Crippen molar-refractivity contribution in [1.29, 1.82) is 0 Å². The van der Waals surface area contributed by atoms with E-state index >= 15 is 0 Å². The van der Waals surface area contributed by atoms with Crippen molar-refractivity contribution >= 4 is 44.4 Å². The number of nitrogens with zero attached hydrogens (tertiary/aromatic N) is 3. The van der Waals surface area contributed by atoms with Gasteiger partial charge >= 0.3 is 6.18 Å². The van der Waals surface area contributed by atoms with Crippen LogP contribution in [-0.4, -0.2) is 26.2 Å². The number of nitrogens with one attached hydrogen (secondary N) is 1. The highest BCUT2D eigenvalue weighted by Crippen LogP contribution is 2.42. The third-order valence-corrected chi connectivity index (χ3v) is 6.51. The van der Waals surface area contributed by atoms with Crippen LogP contribution in [0.4, 0.5) is 24.7 Å². The van der Waals surface area contributed by atoms with E-state index in [1.165, 1.54) is 23.9 Å². The summed E-state index contributed by atoms with van der Waals surface area (Å²) in [7, 11) is 0. The molecule has 150 valence electrons. The van der Waals surface area contributed by atoms with Crippen LogP contribution in [0.2, 0.25) is 0 Å². The molecule has 10 heteroatoms. The largest absolute Gasteiger partial charge is 0.423 e. The molecule has 4 rings (SSSR count). The van der Waals surface area contributed by atoms with Crippen LogP contribution >= 0.6 is 22.7 Å². The smallest absolute Gasteiger partial charge is 0.375 e. The van der Waals surface area contributed by atoms with Crippen LogP contribution in [-0.2, 0) is 5.60 Å². The molecule has 3 aromatic heterocycles. The molecular formula is C19H15F3N4OS2. The first kappa shape index (κ1) is 19.7. The van der Waals surface area contributed by atoms with Crippen molar-refractivity contribution in [3.63, 3.8) is 0 Å². The van der Waals surface area contributed by atoms with E-state index in [-0.39, 0.29) is 0 Å². The number of aryl methyl sites for hydroxylation is 1. The Hall–Kier alpha value is -2.56. The summed E-state index contributed by atoms with van der Waals surface area (Å²) < 4.78 is 40.2. The highest BCUT2D eigenvalue weighted by molar-refractivity contribution is 7.17. The molecule has 3 heterocycles. The maximum Gasteiger partial charge on any atom is 0.423 e. The van der Waals surface area contributed by atoms with Crippen LogP contribution in [0.1, 0.15) is 17.5 Å². The monoisotopic (exact) mass is 436 g/mol. The quantitative estimate of drug-likeness (QED) is 0.433. The van der Waals surface area contributed by atoms with E-state index in [2.05, 4.69) is 20.3 Å². The van der Waals surface area contributed by atoms with E-state index in [4.69, 9.17) is 0 Å². The third kappa shape index (κ3) is 3.70. The molecular weight excluding hydrogens is 421 g/mol. The summed E-state index contributed by atoms with van der Waals surface area (Å²) >= 11 is 2.33. The number of thiazole rings is 1. The number of thiophene rings is 1. The average molecular weight is 436 g/mol. The lowest BCUT2D eigenvalue weighted by Gasteiger charge is -2.23. The van der Waals surface area contributed by atoms with E-state index in [0.717, 1.165) is 32.8 Å². The Bertz CT molecular complexity index is 1180. The molecule has 0 radical (unpaired) electrons. The van der Waals surface area contributed by atoms with Gasteiger partial charge < -0.3 is 10.4 Å². The molecule has 0 aliphatic carbocycles. The predicted molar refractivity (Wildman–Crippen MR) is 109 cm³/mol. The first-order valence-electron chi connectivity index (χ1n) is 8.48. The highest BCUT2D eigenvalue weighted by Gasteiger charge is 2.53. The van der Waals surface area contributed by atoms with Gasteiger partial charge in [0, 0.05) is 11.9 Å². The van der Waals surface area contributed by atoms with Crippen molar-refractivity contribution in [2.24, 2.45) is 0 Å². The molecule has 2 N–H and O–H groups in total. The Kier molecular flexibility index (Phi) is 4.80. The summed E-state index contributed by atoms with van der Waals surface area (Å²) in [5.41, 5.74) is 0.199. The number of fused-ring (bicyclic) bond motifs is 1. The Morgan fingerprint density at radius 3 is 2.66 bits per heavy atom. The molecule has 0 saturated heterocycles. The summed E-state index contributed by atoms with van der Waals surface area (Å²) in [4.78, 5) is 12.8. The summed E-state index contributed by atoms with van der Waals surface area (Å²) in [6, 6.07) is 7.48. The van der Waals surface area contributed by atoms with Crippen molar-refractivity contribution < 1.29 is 18.3 Å². The lowest BCUT2D eigenvalue weighted by molar-refractivity contribution is -0.258. The van der Waals surface area contributed by atoms with Gasteiger partial charge in [-0.15, -0.1) is 22.7 Å². The zero-order valence-electron chi connectivity index (χ0n) is 15.3. The minimum Gasteiger partial charge on any atom is -0.375 e. The first-order chi connectivity index (χ1) is 13.6. The Labute approximate surface area is 171 Å². The van der Waals surface area contributed by atoms with Gasteiger partial charge in [0.2, 0.25) is 5.60 Å². The number of halogens is 3. The van der Waals surface area contributed by atoms with Crippen LogP contribution in [0, 0.1) is 6.92 Å². The molecule has 1 atom stereocenters. The number of hydrogen-bond acceptors (Lipinski definition) is 7. The van der Waals surface area contributed by atoms with E-state index < -0.39 is 16.8 Å². The maximum absolute atomic E-state index is 13.1. The minimum atomic E-state index is -4.81. The number of rotatable bonds is 4. The van der Waals surface area contributed by atoms with Gasteiger partial charge in [-0.25, -0.2) is 15.0 Å². The second-order valence-electron chi connectivity index (χ2n) is 6.67. The van der Waals surface area contributed by atoms with Gasteiger partial charge in [-0.1, -0.05) is 6.07 Å². The SMILES string of the molecule is Cc1cc(Nc2ncnc3ccsc23)cc(-c2cnc([C@](C)(O)C(F)(F)F)s2)c1. The summed E-state index contributed by atoms with van der Waals surface area (Å²) in [6.45, 7) is 2.60. The van der Waals surface area contributed by atoms with Gasteiger partial charge in [0.15, 0.2) is 5.82 Å². The molecule has 29 heavy (non-hydrogen) atoms. The topological polar surface area (TPSA) is 70.9 Å². The summed E-state index contributed by atoms with van der Waals surface area (Å²) in [6.07, 6.45) is -1.98. The number of alkyl halides is 3. The summed E-state index contributed by atoms with van der Waals surface area (Å²) in [5, 5.41) is 14.7. The van der Waals surface area contributed by atoms with Gasteiger partial charge in [-0.05, 0) is 48.6 Å². The molecule has 1 aromatic carbocycles. The maximum atomic E-state index is 13.1. The molecule has 5 nitrogen and oxygen atoms in total. The molecule has 0 aliphatic heterocycles. The second-order valence-corrected chi connectivity index (χ2v) is 8.62. The lowest BCUT2D eigenvalue weighted by Crippen LogP contribution is -2.39. The lowest BCUT2D eigenvalue weighted by atomic mass is 10.1. The van der Waals surface area contributed by atoms with Crippen molar-refractivity contribution in [3.05, 3.63) is 52.7 Å². The van der Waals surface area contributed by atoms with Gasteiger partial charge in [0.1, 0.15) is 11.3 Å². The van der Waals surface area contributed by atoms with E-state index in [1.54, 1.807) is 0 Å². The van der Waals surface area contributed by atoms with E-state index in [1.807, 2.05) is 36.6 Å². The first-order valence-corrected chi connectivity index (χ1v) is 10.2. The summed E-state index contributed by atoms with van der Waals surface area (Å²) in [5.74, 6) is 0.659. The number of anilines is 2. The zero-order valence-corrected chi connectivity index (χ0v) is 16.9. The van der Waals surface area contributed by atoms with Crippen molar-refractivity contribution in [1.82, 2.24) is 15.0 Å². The minimum absolute atomic E-state index is 0.396. The standard InChI is InChI=1S/C19H15F3N4OS2/c1-10-5-11(14-8-23-17(29-14)18(2,27)19(20,21)22)7-12(6-10)26-16-15-13(3-4-28-15)24-9-25-16/h3-9,27H,1-2H3,(H,24,25,26)/t18-/m0/s1. The van der Waals surface area contributed by atoms with Gasteiger partial charge in [0.05, 0.1) is 15.1 Å². The molecule has 0 bridgehead atoms. The fourth-order valence-electron chi connectivity index (χ4n) is 2.77. The fraction of sp³-hybridized carbons (Fsp3) is 0.211. The molecule has 0 aliphatic rings. The second kappa shape index (κ2) is 7.05. The molecule has 4 aromatic rings. The van der Waals surface area contributed by atoms with Crippen LogP contribution < -0.4 is 5.32 Å². The van der Waals surface area contributed by atoms with Crippen molar-refractivity contribution in [2.45, 2.75) is 25.6 Å². The fourth-order valence-corrected chi connectivity index (χ4v) is 4.53. The number of aliphatic hydroxyl groups is 1.